The first-order valence-electron chi connectivity index (χ1n) is 5.48. The molecule has 0 saturated heterocycles. The summed E-state index contributed by atoms with van der Waals surface area (Å²) in [6, 6.07) is 0.267. The maximum Gasteiger partial charge on any atom is 0.367 e. The van der Waals surface area contributed by atoms with E-state index in [1.165, 1.54) is 11.8 Å². The number of thioether (sulfide) groups is 1. The summed E-state index contributed by atoms with van der Waals surface area (Å²) in [6.07, 6.45) is 7.75. The zero-order valence-corrected chi connectivity index (χ0v) is 9.96. The average Bonchev–Trinajstić information content (AvgIpc) is 2.14. The number of nitrogens with two attached hydrogens (primary N) is 1. The summed E-state index contributed by atoms with van der Waals surface area (Å²) in [4.78, 5) is 11.3. The van der Waals surface area contributed by atoms with Gasteiger partial charge in [0, 0.05) is 11.8 Å². The van der Waals surface area contributed by atoms with E-state index in [-0.39, 0.29) is 17.4 Å². The Morgan fingerprint density at radius 2 is 2.40 bits per heavy atom. The van der Waals surface area contributed by atoms with E-state index in [4.69, 9.17) is 10.5 Å². The largest absolute Gasteiger partial charge is 0.450 e. The van der Waals surface area contributed by atoms with Crippen LogP contribution >= 0.6 is 11.8 Å². The smallest absolute Gasteiger partial charge is 0.367 e. The van der Waals surface area contributed by atoms with Gasteiger partial charge in [-0.05, 0) is 43.5 Å². The molecule has 0 aromatic heterocycles. The Hall–Kier alpha value is -0.480. The second-order valence-electron chi connectivity index (χ2n) is 3.69. The van der Waals surface area contributed by atoms with Gasteiger partial charge in [0.05, 0.1) is 0 Å². The summed E-state index contributed by atoms with van der Waals surface area (Å²) in [5.41, 5.74) is 5.84. The van der Waals surface area contributed by atoms with Gasteiger partial charge in [0.2, 0.25) is 0 Å². The van der Waals surface area contributed by atoms with Crippen LogP contribution in [0.5, 0.6) is 0 Å². The van der Waals surface area contributed by atoms with E-state index >= 15 is 0 Å². The quantitative estimate of drug-likeness (QED) is 0.584. The van der Waals surface area contributed by atoms with Crippen LogP contribution in [0.2, 0.25) is 0 Å². The summed E-state index contributed by atoms with van der Waals surface area (Å²) >= 11 is 1.22. The lowest BCUT2D eigenvalue weighted by Gasteiger charge is -2.18. The summed E-state index contributed by atoms with van der Waals surface area (Å²) < 4.78 is 5.30. The fourth-order valence-corrected chi connectivity index (χ4v) is 2.00. The van der Waals surface area contributed by atoms with Gasteiger partial charge in [-0.15, -0.1) is 0 Å². The van der Waals surface area contributed by atoms with E-state index in [1.54, 1.807) is 0 Å². The molecule has 1 rings (SSSR count). The maximum absolute atomic E-state index is 11.3. The van der Waals surface area contributed by atoms with Crippen LogP contribution in [0.15, 0.2) is 12.2 Å². The second-order valence-corrected chi connectivity index (χ2v) is 4.89. The number of carbonyl (C=O) groups excluding carboxylic acids is 1. The highest BCUT2D eigenvalue weighted by atomic mass is 32.2. The van der Waals surface area contributed by atoms with Gasteiger partial charge in [-0.25, -0.2) is 4.79 Å². The van der Waals surface area contributed by atoms with Crippen molar-refractivity contribution in [3.8, 4) is 0 Å². The second kappa shape index (κ2) is 6.90. The van der Waals surface area contributed by atoms with Crippen LogP contribution in [-0.4, -0.2) is 23.2 Å². The first-order chi connectivity index (χ1) is 7.22. The molecule has 0 fully saturated rings. The third kappa shape index (κ3) is 5.23. The van der Waals surface area contributed by atoms with Crippen molar-refractivity contribution in [2.24, 2.45) is 5.73 Å². The van der Waals surface area contributed by atoms with Crippen LogP contribution in [-0.2, 0) is 4.74 Å². The van der Waals surface area contributed by atoms with Crippen LogP contribution in [0, 0.1) is 0 Å². The van der Waals surface area contributed by atoms with E-state index in [0.29, 0.717) is 0 Å². The predicted molar refractivity (Wildman–Crippen MR) is 64.0 cm³/mol. The fourth-order valence-electron chi connectivity index (χ4n) is 1.57. The summed E-state index contributed by atoms with van der Waals surface area (Å²) in [6.45, 7) is 1.94. The fraction of sp³-hybridized carbons (Fsp3) is 0.727. The predicted octanol–water partition coefficient (Wildman–Crippen LogP) is 2.70. The van der Waals surface area contributed by atoms with Crippen LogP contribution in [0.25, 0.3) is 0 Å². The molecule has 1 aliphatic carbocycles. The molecule has 0 aromatic rings. The van der Waals surface area contributed by atoms with E-state index in [2.05, 4.69) is 0 Å². The number of rotatable bonds is 2. The molecule has 0 radical (unpaired) electrons. The Morgan fingerprint density at radius 3 is 3.13 bits per heavy atom. The average molecular weight is 229 g/mol. The molecule has 15 heavy (non-hydrogen) atoms. The molecule has 0 aliphatic heterocycles. The lowest BCUT2D eigenvalue weighted by Crippen LogP contribution is -2.22. The number of ether oxygens (including phenoxy) is 1. The first-order valence-corrected chi connectivity index (χ1v) is 6.46. The number of hydrogen-bond acceptors (Lipinski definition) is 4. The first kappa shape index (κ1) is 12.6. The van der Waals surface area contributed by atoms with E-state index in [0.717, 1.165) is 31.4 Å². The highest BCUT2D eigenvalue weighted by molar-refractivity contribution is 8.13. The van der Waals surface area contributed by atoms with Crippen LogP contribution in [0.3, 0.4) is 0 Å². The Kier molecular flexibility index (Phi) is 5.79. The third-order valence-electron chi connectivity index (χ3n) is 2.36. The molecule has 86 valence electrons. The molecule has 1 aliphatic rings. The van der Waals surface area contributed by atoms with Crippen LogP contribution in [0.4, 0.5) is 4.79 Å². The van der Waals surface area contributed by atoms with Gasteiger partial charge in [-0.2, -0.15) is 0 Å². The molecule has 0 amide bonds. The summed E-state index contributed by atoms with van der Waals surface area (Å²) in [7, 11) is 0. The Bertz CT molecular complexity index is 231. The van der Waals surface area contributed by atoms with Gasteiger partial charge in [-0.1, -0.05) is 13.0 Å². The van der Waals surface area contributed by atoms with Gasteiger partial charge in [0.1, 0.15) is 6.10 Å². The minimum absolute atomic E-state index is 0.0518. The molecular weight excluding hydrogens is 210 g/mol. The highest BCUT2D eigenvalue weighted by Crippen LogP contribution is 2.16. The molecule has 2 N–H and O–H groups in total. The molecule has 3 nitrogen and oxygen atoms in total. The molecule has 0 spiro atoms. The Labute approximate surface area is 95.4 Å². The van der Waals surface area contributed by atoms with Gasteiger partial charge in [0.25, 0.3) is 0 Å². The molecule has 0 bridgehead atoms. The van der Waals surface area contributed by atoms with Crippen LogP contribution < -0.4 is 5.73 Å². The zero-order chi connectivity index (χ0) is 11.1. The van der Waals surface area contributed by atoms with E-state index in [9.17, 15) is 4.79 Å². The van der Waals surface area contributed by atoms with Crippen molar-refractivity contribution in [3.05, 3.63) is 12.2 Å². The third-order valence-corrected chi connectivity index (χ3v) is 2.98. The minimum Gasteiger partial charge on any atom is -0.450 e. The van der Waals surface area contributed by atoms with Gasteiger partial charge in [-0.3, -0.25) is 0 Å². The van der Waals surface area contributed by atoms with Crippen molar-refractivity contribution >= 4 is 17.1 Å². The molecule has 4 heteroatoms. The maximum atomic E-state index is 11.3. The van der Waals surface area contributed by atoms with Crippen molar-refractivity contribution in [2.75, 3.05) is 5.75 Å². The van der Waals surface area contributed by atoms with Crippen LogP contribution in [0.1, 0.15) is 32.6 Å². The van der Waals surface area contributed by atoms with E-state index in [1.807, 2.05) is 19.1 Å². The van der Waals surface area contributed by atoms with Gasteiger partial charge in [0.15, 0.2) is 0 Å². The Balaban J connectivity index is 2.37. The molecule has 0 aromatic carbocycles. The van der Waals surface area contributed by atoms with Crippen molar-refractivity contribution < 1.29 is 9.53 Å². The number of hydrogen-bond donors (Lipinski definition) is 1. The minimum atomic E-state index is -0.169. The van der Waals surface area contributed by atoms with Gasteiger partial charge < -0.3 is 10.5 Å². The molecule has 0 saturated carbocycles. The zero-order valence-electron chi connectivity index (χ0n) is 9.15. The Morgan fingerprint density at radius 1 is 1.60 bits per heavy atom. The summed E-state index contributed by atoms with van der Waals surface area (Å²) in [5.74, 6) is 0.764. The van der Waals surface area contributed by atoms with Crippen molar-refractivity contribution in [2.45, 2.75) is 44.8 Å². The summed E-state index contributed by atoms with van der Waals surface area (Å²) in [5, 5.41) is -0.169. The normalized spacial score (nSPS) is 28.9. The topological polar surface area (TPSA) is 52.3 Å². The molecule has 0 heterocycles. The monoisotopic (exact) mass is 229 g/mol. The molecule has 2 unspecified atom stereocenters. The lowest BCUT2D eigenvalue weighted by molar-refractivity contribution is 0.139. The van der Waals surface area contributed by atoms with Gasteiger partial charge >= 0.3 is 5.30 Å². The standard InChI is InChI=1S/C11H19NO2S/c1-2-15-11(13)14-10-7-3-5-9(12)6-4-8-10/h3,7,9-10H,2,4-6,8,12H2,1H3/b7-3+. The van der Waals surface area contributed by atoms with Crippen molar-refractivity contribution in [1.29, 1.82) is 0 Å². The van der Waals surface area contributed by atoms with Crippen molar-refractivity contribution in [1.82, 2.24) is 0 Å². The lowest BCUT2D eigenvalue weighted by atomic mass is 10.0. The number of carbonyl (C=O) groups is 1. The van der Waals surface area contributed by atoms with Crippen molar-refractivity contribution in [3.63, 3.8) is 0 Å². The molecule has 2 atom stereocenters. The van der Waals surface area contributed by atoms with E-state index < -0.39 is 0 Å². The highest BCUT2D eigenvalue weighted by Gasteiger charge is 2.14. The SMILES string of the molecule is CCSC(=O)OC1/C=C/CC(N)CCC1. The molecular formula is C11H19NO2S.